The fourth-order valence-corrected chi connectivity index (χ4v) is 4.43. The van der Waals surface area contributed by atoms with Gasteiger partial charge in [0.1, 0.15) is 0 Å². The number of aromatic nitrogens is 2. The average Bonchev–Trinajstić information content (AvgIpc) is 2.82. The van der Waals surface area contributed by atoms with Gasteiger partial charge in [-0.15, -0.1) is 0 Å². The SMILES string of the molecule is Cc1cccc(N2CCN(C(=O)CCCCCn3cnc4ccccc4c3=O)CC2)c1C. The molecule has 0 atom stereocenters. The van der Waals surface area contributed by atoms with E-state index < -0.39 is 0 Å². The van der Waals surface area contributed by atoms with Crippen molar-refractivity contribution < 1.29 is 4.79 Å². The van der Waals surface area contributed by atoms with Crippen LogP contribution in [0, 0.1) is 13.8 Å². The minimum atomic E-state index is 0.00777. The molecule has 168 valence electrons. The molecule has 0 bridgehead atoms. The number of benzene rings is 2. The molecule has 1 aromatic heterocycles. The molecular formula is C26H32N4O2. The summed E-state index contributed by atoms with van der Waals surface area (Å²) in [7, 11) is 0. The molecule has 1 amide bonds. The van der Waals surface area contributed by atoms with Crippen LogP contribution in [0.5, 0.6) is 0 Å². The van der Waals surface area contributed by atoms with Crippen LogP contribution in [-0.4, -0.2) is 46.5 Å². The lowest BCUT2D eigenvalue weighted by molar-refractivity contribution is -0.131. The van der Waals surface area contributed by atoms with Crippen molar-refractivity contribution in [3.63, 3.8) is 0 Å². The monoisotopic (exact) mass is 432 g/mol. The lowest BCUT2D eigenvalue weighted by Gasteiger charge is -2.37. The van der Waals surface area contributed by atoms with Gasteiger partial charge in [-0.3, -0.25) is 14.2 Å². The second kappa shape index (κ2) is 9.98. The molecule has 1 aliphatic rings. The normalized spacial score (nSPS) is 14.2. The fraction of sp³-hybridized carbons (Fsp3) is 0.423. The second-order valence-corrected chi connectivity index (χ2v) is 8.66. The minimum absolute atomic E-state index is 0.00777. The van der Waals surface area contributed by atoms with Crippen LogP contribution < -0.4 is 10.5 Å². The zero-order valence-electron chi connectivity index (χ0n) is 19.1. The van der Waals surface area contributed by atoms with E-state index in [2.05, 4.69) is 41.9 Å². The van der Waals surface area contributed by atoms with Gasteiger partial charge in [0.2, 0.25) is 5.91 Å². The third-order valence-corrected chi connectivity index (χ3v) is 6.57. The predicted octanol–water partition coefficient (Wildman–Crippen LogP) is 3.92. The molecule has 0 spiro atoms. The number of carbonyl (C=O) groups is 1. The number of para-hydroxylation sites is 1. The van der Waals surface area contributed by atoms with Gasteiger partial charge in [-0.2, -0.15) is 0 Å². The third kappa shape index (κ3) is 4.85. The first-order valence-electron chi connectivity index (χ1n) is 11.6. The predicted molar refractivity (Wildman–Crippen MR) is 129 cm³/mol. The van der Waals surface area contributed by atoms with Crippen LogP contribution >= 0.6 is 0 Å². The van der Waals surface area contributed by atoms with Crippen molar-refractivity contribution in [1.82, 2.24) is 14.5 Å². The molecule has 0 saturated carbocycles. The van der Waals surface area contributed by atoms with Gasteiger partial charge in [0, 0.05) is 44.8 Å². The van der Waals surface area contributed by atoms with Crippen LogP contribution in [0.2, 0.25) is 0 Å². The van der Waals surface area contributed by atoms with Crippen LogP contribution in [0.25, 0.3) is 10.9 Å². The summed E-state index contributed by atoms with van der Waals surface area (Å²) in [5, 5.41) is 0.658. The van der Waals surface area contributed by atoms with E-state index in [1.807, 2.05) is 29.2 Å². The molecule has 2 heterocycles. The van der Waals surface area contributed by atoms with Crippen molar-refractivity contribution in [3.8, 4) is 0 Å². The number of unbranched alkanes of at least 4 members (excludes halogenated alkanes) is 2. The standard InChI is InChI=1S/C26H32N4O2/c1-20-9-8-12-24(21(20)2)28-15-17-29(18-16-28)25(31)13-4-3-7-14-30-19-27-23-11-6-5-10-22(23)26(30)32/h5-6,8-12,19H,3-4,7,13-18H2,1-2H3. The van der Waals surface area contributed by atoms with Gasteiger partial charge in [-0.25, -0.2) is 4.98 Å². The number of nitrogens with zero attached hydrogens (tertiary/aromatic N) is 4. The van der Waals surface area contributed by atoms with Crippen LogP contribution in [0.4, 0.5) is 5.69 Å². The number of carbonyl (C=O) groups excluding carboxylic acids is 1. The minimum Gasteiger partial charge on any atom is -0.368 e. The molecule has 6 heteroatoms. The van der Waals surface area contributed by atoms with E-state index in [1.165, 1.54) is 16.8 Å². The van der Waals surface area contributed by atoms with Crippen LogP contribution in [0.15, 0.2) is 53.6 Å². The average molecular weight is 433 g/mol. The molecule has 3 aromatic rings. The summed E-state index contributed by atoms with van der Waals surface area (Å²) < 4.78 is 1.68. The van der Waals surface area contributed by atoms with Crippen molar-refractivity contribution in [2.45, 2.75) is 46.1 Å². The number of anilines is 1. The number of piperazine rings is 1. The molecule has 0 N–H and O–H groups in total. The Labute approximate surface area is 189 Å². The Kier molecular flexibility index (Phi) is 6.88. The summed E-state index contributed by atoms with van der Waals surface area (Å²) in [5.74, 6) is 0.246. The van der Waals surface area contributed by atoms with E-state index in [0.717, 1.165) is 51.0 Å². The number of aryl methyl sites for hydroxylation is 2. The summed E-state index contributed by atoms with van der Waals surface area (Å²) >= 11 is 0. The topological polar surface area (TPSA) is 58.4 Å². The van der Waals surface area contributed by atoms with Gasteiger partial charge in [0.25, 0.3) is 5.56 Å². The maximum Gasteiger partial charge on any atom is 0.261 e. The smallest absolute Gasteiger partial charge is 0.261 e. The van der Waals surface area contributed by atoms with Gasteiger partial charge >= 0.3 is 0 Å². The lowest BCUT2D eigenvalue weighted by atomic mass is 10.1. The zero-order valence-corrected chi connectivity index (χ0v) is 19.1. The van der Waals surface area contributed by atoms with Crippen LogP contribution in [-0.2, 0) is 11.3 Å². The molecule has 6 nitrogen and oxygen atoms in total. The Bertz CT molecular complexity index is 1150. The van der Waals surface area contributed by atoms with E-state index in [4.69, 9.17) is 0 Å². The van der Waals surface area contributed by atoms with Gasteiger partial charge in [0.05, 0.1) is 17.2 Å². The largest absolute Gasteiger partial charge is 0.368 e. The maximum absolute atomic E-state index is 12.6. The highest BCUT2D eigenvalue weighted by Crippen LogP contribution is 2.24. The molecule has 1 fully saturated rings. The van der Waals surface area contributed by atoms with E-state index in [0.29, 0.717) is 18.4 Å². The summed E-state index contributed by atoms with van der Waals surface area (Å²) in [4.78, 5) is 33.9. The Morgan fingerprint density at radius 2 is 1.72 bits per heavy atom. The van der Waals surface area contributed by atoms with Crippen molar-refractivity contribution >= 4 is 22.5 Å². The number of fused-ring (bicyclic) bond motifs is 1. The summed E-state index contributed by atoms with van der Waals surface area (Å²) in [6.45, 7) is 8.28. The Hall–Kier alpha value is -3.15. The van der Waals surface area contributed by atoms with Crippen molar-refractivity contribution in [2.75, 3.05) is 31.1 Å². The summed E-state index contributed by atoms with van der Waals surface area (Å²) in [5.41, 5.74) is 4.66. The first-order valence-corrected chi connectivity index (χ1v) is 11.6. The highest BCUT2D eigenvalue weighted by atomic mass is 16.2. The first-order chi connectivity index (χ1) is 15.5. The number of hydrogen-bond acceptors (Lipinski definition) is 4. The lowest BCUT2D eigenvalue weighted by Crippen LogP contribution is -2.49. The zero-order chi connectivity index (χ0) is 22.5. The molecule has 1 aliphatic heterocycles. The third-order valence-electron chi connectivity index (χ3n) is 6.57. The van der Waals surface area contributed by atoms with Gasteiger partial charge in [0.15, 0.2) is 0 Å². The van der Waals surface area contributed by atoms with Crippen molar-refractivity contribution in [1.29, 1.82) is 0 Å². The molecule has 0 radical (unpaired) electrons. The van der Waals surface area contributed by atoms with Crippen LogP contribution in [0.1, 0.15) is 36.8 Å². The van der Waals surface area contributed by atoms with E-state index >= 15 is 0 Å². The Morgan fingerprint density at radius 1 is 0.938 bits per heavy atom. The van der Waals surface area contributed by atoms with E-state index in [1.54, 1.807) is 10.9 Å². The molecule has 4 rings (SSSR count). The Balaban J connectivity index is 1.20. The van der Waals surface area contributed by atoms with Gasteiger partial charge < -0.3 is 9.80 Å². The summed E-state index contributed by atoms with van der Waals surface area (Å²) in [6.07, 6.45) is 4.85. The molecule has 1 saturated heterocycles. The highest BCUT2D eigenvalue weighted by molar-refractivity contribution is 5.77. The fourth-order valence-electron chi connectivity index (χ4n) is 4.43. The van der Waals surface area contributed by atoms with Crippen LogP contribution in [0.3, 0.4) is 0 Å². The second-order valence-electron chi connectivity index (χ2n) is 8.66. The van der Waals surface area contributed by atoms with Gasteiger partial charge in [-0.05, 0) is 56.0 Å². The Morgan fingerprint density at radius 3 is 2.53 bits per heavy atom. The molecule has 32 heavy (non-hydrogen) atoms. The maximum atomic E-state index is 12.6. The molecule has 0 unspecified atom stereocenters. The van der Waals surface area contributed by atoms with Gasteiger partial charge in [-0.1, -0.05) is 30.7 Å². The molecule has 2 aromatic carbocycles. The molecule has 0 aliphatic carbocycles. The highest BCUT2D eigenvalue weighted by Gasteiger charge is 2.21. The number of amides is 1. The quantitative estimate of drug-likeness (QED) is 0.531. The molecular weight excluding hydrogens is 400 g/mol. The van der Waals surface area contributed by atoms with E-state index in [-0.39, 0.29) is 11.5 Å². The van der Waals surface area contributed by atoms with Crippen molar-refractivity contribution in [3.05, 3.63) is 70.3 Å². The van der Waals surface area contributed by atoms with Crippen molar-refractivity contribution in [2.24, 2.45) is 0 Å². The number of hydrogen-bond donors (Lipinski definition) is 0. The summed E-state index contributed by atoms with van der Waals surface area (Å²) in [6, 6.07) is 13.9. The number of rotatable bonds is 7. The first kappa shape index (κ1) is 22.1. The van der Waals surface area contributed by atoms with E-state index in [9.17, 15) is 9.59 Å².